The summed E-state index contributed by atoms with van der Waals surface area (Å²) in [6.07, 6.45) is 2.55. The predicted octanol–water partition coefficient (Wildman–Crippen LogP) is 2.39. The molecule has 0 radical (unpaired) electrons. The molecular formula is C14H20N2O2. The summed E-state index contributed by atoms with van der Waals surface area (Å²) in [5.41, 5.74) is 9.34. The topological polar surface area (TPSA) is 64.3 Å². The second kappa shape index (κ2) is 5.40. The minimum Gasteiger partial charge on any atom is -0.399 e. The molecule has 98 valence electrons. The van der Waals surface area contributed by atoms with Gasteiger partial charge >= 0.3 is 0 Å². The molecule has 1 fully saturated rings. The number of anilines is 2. The Morgan fingerprint density at radius 2 is 2.11 bits per heavy atom. The standard InChI is InChI=1S/C14H20N2O2/c1-9-6-11(15)7-10(2)14(9)16-13(17)8-12-4-3-5-18-12/h6-7,12H,3-5,8,15H2,1-2H3,(H,16,17). The van der Waals surface area contributed by atoms with E-state index in [1.54, 1.807) is 0 Å². The van der Waals surface area contributed by atoms with Gasteiger partial charge in [0.25, 0.3) is 0 Å². The third kappa shape index (κ3) is 3.01. The molecule has 1 aromatic rings. The van der Waals surface area contributed by atoms with Crippen molar-refractivity contribution in [3.05, 3.63) is 23.3 Å². The normalized spacial score (nSPS) is 18.9. The van der Waals surface area contributed by atoms with E-state index in [1.165, 1.54) is 0 Å². The fraction of sp³-hybridized carbons (Fsp3) is 0.500. The lowest BCUT2D eigenvalue weighted by atomic mass is 10.1. The van der Waals surface area contributed by atoms with Gasteiger partial charge in [0.05, 0.1) is 12.5 Å². The van der Waals surface area contributed by atoms with Gasteiger partial charge in [0.15, 0.2) is 0 Å². The number of hydrogen-bond acceptors (Lipinski definition) is 3. The Morgan fingerprint density at radius 1 is 1.44 bits per heavy atom. The van der Waals surface area contributed by atoms with Crippen LogP contribution in [0.2, 0.25) is 0 Å². The lowest BCUT2D eigenvalue weighted by Gasteiger charge is -2.14. The lowest BCUT2D eigenvalue weighted by Crippen LogP contribution is -2.20. The highest BCUT2D eigenvalue weighted by molar-refractivity contribution is 5.93. The van der Waals surface area contributed by atoms with Crippen molar-refractivity contribution in [3.63, 3.8) is 0 Å². The van der Waals surface area contributed by atoms with Gasteiger partial charge in [0.2, 0.25) is 5.91 Å². The molecule has 0 aromatic heterocycles. The molecule has 1 aliphatic heterocycles. The number of carbonyl (C=O) groups is 1. The molecule has 18 heavy (non-hydrogen) atoms. The smallest absolute Gasteiger partial charge is 0.227 e. The monoisotopic (exact) mass is 248 g/mol. The van der Waals surface area contributed by atoms with Crippen molar-refractivity contribution in [1.29, 1.82) is 0 Å². The summed E-state index contributed by atoms with van der Waals surface area (Å²) in [5, 5.41) is 2.96. The summed E-state index contributed by atoms with van der Waals surface area (Å²) in [7, 11) is 0. The molecule has 1 saturated heterocycles. The van der Waals surface area contributed by atoms with E-state index in [4.69, 9.17) is 10.5 Å². The third-order valence-corrected chi connectivity index (χ3v) is 3.26. The Kier molecular flexibility index (Phi) is 3.87. The van der Waals surface area contributed by atoms with Crippen LogP contribution in [0.15, 0.2) is 12.1 Å². The minimum atomic E-state index is 0.0119. The molecule has 1 aromatic carbocycles. The van der Waals surface area contributed by atoms with E-state index in [1.807, 2.05) is 26.0 Å². The maximum absolute atomic E-state index is 11.9. The van der Waals surface area contributed by atoms with E-state index >= 15 is 0 Å². The second-order valence-corrected chi connectivity index (χ2v) is 4.92. The molecule has 4 nitrogen and oxygen atoms in total. The van der Waals surface area contributed by atoms with Crippen LogP contribution in [0.3, 0.4) is 0 Å². The first-order chi connectivity index (χ1) is 8.56. The first kappa shape index (κ1) is 12.9. The van der Waals surface area contributed by atoms with Gasteiger partial charge in [-0.15, -0.1) is 0 Å². The Hall–Kier alpha value is -1.55. The van der Waals surface area contributed by atoms with Crippen LogP contribution in [-0.4, -0.2) is 18.6 Å². The predicted molar refractivity (Wildman–Crippen MR) is 72.5 cm³/mol. The quantitative estimate of drug-likeness (QED) is 0.807. The van der Waals surface area contributed by atoms with Crippen molar-refractivity contribution in [3.8, 4) is 0 Å². The van der Waals surface area contributed by atoms with Crippen LogP contribution in [0.1, 0.15) is 30.4 Å². The number of hydrogen-bond donors (Lipinski definition) is 2. The van der Waals surface area contributed by atoms with Gasteiger partial charge < -0.3 is 15.8 Å². The molecule has 0 spiro atoms. The molecule has 1 atom stereocenters. The summed E-state index contributed by atoms with van der Waals surface area (Å²) in [6.45, 7) is 4.67. The van der Waals surface area contributed by atoms with Crippen molar-refractivity contribution < 1.29 is 9.53 Å². The van der Waals surface area contributed by atoms with Crippen molar-refractivity contribution in [2.24, 2.45) is 0 Å². The maximum atomic E-state index is 11.9. The first-order valence-electron chi connectivity index (χ1n) is 6.34. The number of amides is 1. The van der Waals surface area contributed by atoms with E-state index in [0.717, 1.165) is 42.0 Å². The van der Waals surface area contributed by atoms with Crippen molar-refractivity contribution in [2.45, 2.75) is 39.2 Å². The SMILES string of the molecule is Cc1cc(N)cc(C)c1NC(=O)CC1CCCO1. The molecule has 0 bridgehead atoms. The number of benzene rings is 1. The highest BCUT2D eigenvalue weighted by Crippen LogP contribution is 2.24. The molecule has 1 amide bonds. The molecule has 1 aliphatic rings. The summed E-state index contributed by atoms with van der Waals surface area (Å²) in [5.74, 6) is 0.0119. The first-order valence-corrected chi connectivity index (χ1v) is 6.34. The number of nitrogen functional groups attached to an aromatic ring is 1. The molecule has 1 heterocycles. The van der Waals surface area contributed by atoms with Crippen LogP contribution in [0.4, 0.5) is 11.4 Å². The van der Waals surface area contributed by atoms with Gasteiger partial charge in [-0.3, -0.25) is 4.79 Å². The number of ether oxygens (including phenoxy) is 1. The molecule has 2 rings (SSSR count). The van der Waals surface area contributed by atoms with Crippen molar-refractivity contribution >= 4 is 17.3 Å². The number of carbonyl (C=O) groups excluding carboxylic acids is 1. The maximum Gasteiger partial charge on any atom is 0.227 e. The van der Waals surface area contributed by atoms with Crippen LogP contribution >= 0.6 is 0 Å². The van der Waals surface area contributed by atoms with Crippen molar-refractivity contribution in [2.75, 3.05) is 17.7 Å². The molecule has 0 saturated carbocycles. The molecular weight excluding hydrogens is 228 g/mol. The van der Waals surface area contributed by atoms with Gasteiger partial charge in [0, 0.05) is 18.0 Å². The Morgan fingerprint density at radius 3 is 2.67 bits per heavy atom. The van der Waals surface area contributed by atoms with E-state index in [2.05, 4.69) is 5.32 Å². The van der Waals surface area contributed by atoms with Crippen LogP contribution in [0.25, 0.3) is 0 Å². The van der Waals surface area contributed by atoms with Gasteiger partial charge in [0.1, 0.15) is 0 Å². The molecule has 3 N–H and O–H groups in total. The fourth-order valence-corrected chi connectivity index (χ4v) is 2.40. The molecule has 4 heteroatoms. The average molecular weight is 248 g/mol. The third-order valence-electron chi connectivity index (χ3n) is 3.26. The average Bonchev–Trinajstić information content (AvgIpc) is 2.76. The number of aryl methyl sites for hydroxylation is 2. The van der Waals surface area contributed by atoms with E-state index in [9.17, 15) is 4.79 Å². The highest BCUT2D eigenvalue weighted by Gasteiger charge is 2.19. The van der Waals surface area contributed by atoms with Crippen LogP contribution in [-0.2, 0) is 9.53 Å². The zero-order valence-corrected chi connectivity index (χ0v) is 11.0. The lowest BCUT2D eigenvalue weighted by molar-refractivity contribution is -0.118. The zero-order chi connectivity index (χ0) is 13.1. The number of rotatable bonds is 3. The zero-order valence-electron chi connectivity index (χ0n) is 11.0. The van der Waals surface area contributed by atoms with E-state index in [0.29, 0.717) is 6.42 Å². The van der Waals surface area contributed by atoms with Crippen LogP contribution in [0, 0.1) is 13.8 Å². The van der Waals surface area contributed by atoms with Crippen LogP contribution < -0.4 is 11.1 Å². The second-order valence-electron chi connectivity index (χ2n) is 4.92. The van der Waals surface area contributed by atoms with Gasteiger partial charge in [-0.1, -0.05) is 0 Å². The molecule has 0 aliphatic carbocycles. The van der Waals surface area contributed by atoms with Gasteiger partial charge in [-0.2, -0.15) is 0 Å². The number of nitrogens with one attached hydrogen (secondary N) is 1. The van der Waals surface area contributed by atoms with E-state index in [-0.39, 0.29) is 12.0 Å². The summed E-state index contributed by atoms with van der Waals surface area (Å²) in [4.78, 5) is 11.9. The molecule has 1 unspecified atom stereocenters. The Balaban J connectivity index is 2.02. The highest BCUT2D eigenvalue weighted by atomic mass is 16.5. The van der Waals surface area contributed by atoms with Gasteiger partial charge in [-0.05, 0) is 49.9 Å². The summed E-state index contributed by atoms with van der Waals surface area (Å²) in [6, 6.07) is 3.74. The van der Waals surface area contributed by atoms with Gasteiger partial charge in [-0.25, -0.2) is 0 Å². The summed E-state index contributed by atoms with van der Waals surface area (Å²) < 4.78 is 5.46. The van der Waals surface area contributed by atoms with E-state index < -0.39 is 0 Å². The Bertz CT molecular complexity index is 428. The largest absolute Gasteiger partial charge is 0.399 e. The van der Waals surface area contributed by atoms with Crippen molar-refractivity contribution in [1.82, 2.24) is 0 Å². The van der Waals surface area contributed by atoms with Crippen LogP contribution in [0.5, 0.6) is 0 Å². The Labute approximate surface area is 108 Å². The summed E-state index contributed by atoms with van der Waals surface area (Å²) >= 11 is 0. The minimum absolute atomic E-state index is 0.0119. The fourth-order valence-electron chi connectivity index (χ4n) is 2.40. The number of nitrogens with two attached hydrogens (primary N) is 1.